The number of benzene rings is 1. The van der Waals surface area contributed by atoms with Gasteiger partial charge in [0.25, 0.3) is 0 Å². The Labute approximate surface area is 151 Å². The number of nitrogens with zero attached hydrogens (tertiary/aromatic N) is 3. The van der Waals surface area contributed by atoms with Gasteiger partial charge in [-0.05, 0) is 50.3 Å². The number of hydrogen-bond donors (Lipinski definition) is 2. The summed E-state index contributed by atoms with van der Waals surface area (Å²) in [6.07, 6.45) is 9.95. The lowest BCUT2D eigenvalue weighted by Crippen LogP contribution is -2.09. The molecule has 0 spiro atoms. The molecular formula is C17H19Cl2N5. The van der Waals surface area contributed by atoms with Crippen LogP contribution in [0.4, 0.5) is 17.5 Å². The Hall–Kier alpha value is -1.85. The van der Waals surface area contributed by atoms with Gasteiger partial charge in [0.2, 0.25) is 5.95 Å². The third kappa shape index (κ3) is 5.08. The smallest absolute Gasteiger partial charge is 0.244 e. The van der Waals surface area contributed by atoms with E-state index in [4.69, 9.17) is 23.2 Å². The van der Waals surface area contributed by atoms with E-state index in [1.165, 1.54) is 31.3 Å². The topological polar surface area (TPSA) is 62.7 Å². The summed E-state index contributed by atoms with van der Waals surface area (Å²) in [6, 6.07) is 5.23. The molecule has 0 amide bonds. The summed E-state index contributed by atoms with van der Waals surface area (Å²) in [5.41, 5.74) is 2.27. The molecule has 1 aromatic carbocycles. The summed E-state index contributed by atoms with van der Waals surface area (Å²) in [5, 5.41) is 15.5. The minimum atomic E-state index is 0.504. The van der Waals surface area contributed by atoms with Crippen molar-refractivity contribution in [1.29, 1.82) is 0 Å². The predicted molar refractivity (Wildman–Crippen MR) is 99.2 cm³/mol. The molecule has 24 heavy (non-hydrogen) atoms. The maximum Gasteiger partial charge on any atom is 0.244 e. The predicted octanol–water partition coefficient (Wildman–Crippen LogP) is 5.22. The third-order valence-corrected chi connectivity index (χ3v) is 4.24. The van der Waals surface area contributed by atoms with E-state index in [0.717, 1.165) is 18.7 Å². The second kappa shape index (κ2) is 8.31. The molecule has 2 aromatic rings. The molecule has 0 aliphatic heterocycles. The van der Waals surface area contributed by atoms with Crippen molar-refractivity contribution in [1.82, 2.24) is 15.2 Å². The number of rotatable bonds is 6. The van der Waals surface area contributed by atoms with Crippen molar-refractivity contribution in [2.24, 2.45) is 0 Å². The van der Waals surface area contributed by atoms with Crippen molar-refractivity contribution in [3.63, 3.8) is 0 Å². The van der Waals surface area contributed by atoms with Crippen LogP contribution >= 0.6 is 23.2 Å². The second-order valence-corrected chi connectivity index (χ2v) is 6.61. The Bertz CT molecular complexity index is 712. The molecule has 1 aliphatic carbocycles. The molecule has 0 saturated carbocycles. The Morgan fingerprint density at radius 1 is 1.08 bits per heavy atom. The average Bonchev–Trinajstić information content (AvgIpc) is 2.55. The Morgan fingerprint density at radius 2 is 1.92 bits per heavy atom. The van der Waals surface area contributed by atoms with Crippen LogP contribution in [0, 0.1) is 0 Å². The van der Waals surface area contributed by atoms with E-state index in [2.05, 4.69) is 31.9 Å². The molecular weight excluding hydrogens is 345 g/mol. The molecule has 3 rings (SSSR count). The van der Waals surface area contributed by atoms with Crippen molar-refractivity contribution in [2.45, 2.75) is 32.1 Å². The van der Waals surface area contributed by atoms with Gasteiger partial charge in [-0.2, -0.15) is 10.1 Å². The van der Waals surface area contributed by atoms with E-state index in [1.807, 2.05) is 0 Å². The fourth-order valence-corrected chi connectivity index (χ4v) is 3.21. The highest BCUT2D eigenvalue weighted by Crippen LogP contribution is 2.24. The van der Waals surface area contributed by atoms with Crippen molar-refractivity contribution in [3.8, 4) is 0 Å². The average molecular weight is 364 g/mol. The lowest BCUT2D eigenvalue weighted by Gasteiger charge is -2.13. The number of anilines is 3. The standard InChI is InChI=1S/C17H19Cl2N5/c18-13-8-14(19)10-15(9-13)22-16-11-21-24-17(23-16)20-7-6-12-4-2-1-3-5-12/h4,8-11H,1-3,5-7H2,(H2,20,22,23,24). The van der Waals surface area contributed by atoms with Crippen molar-refractivity contribution in [3.05, 3.63) is 46.1 Å². The molecule has 0 bridgehead atoms. The van der Waals surface area contributed by atoms with E-state index < -0.39 is 0 Å². The molecule has 0 radical (unpaired) electrons. The first-order chi connectivity index (χ1) is 11.7. The molecule has 1 aliphatic rings. The molecule has 2 N–H and O–H groups in total. The zero-order chi connectivity index (χ0) is 16.8. The highest BCUT2D eigenvalue weighted by atomic mass is 35.5. The van der Waals surface area contributed by atoms with Gasteiger partial charge in [0, 0.05) is 22.3 Å². The molecule has 0 unspecified atom stereocenters. The minimum Gasteiger partial charge on any atom is -0.353 e. The largest absolute Gasteiger partial charge is 0.353 e. The van der Waals surface area contributed by atoms with Gasteiger partial charge in [0.1, 0.15) is 0 Å². The van der Waals surface area contributed by atoms with Gasteiger partial charge >= 0.3 is 0 Å². The number of hydrogen-bond acceptors (Lipinski definition) is 5. The maximum atomic E-state index is 6.00. The Balaban J connectivity index is 1.58. The number of nitrogens with one attached hydrogen (secondary N) is 2. The van der Waals surface area contributed by atoms with Crippen LogP contribution in [-0.2, 0) is 0 Å². The third-order valence-electron chi connectivity index (χ3n) is 3.81. The Morgan fingerprint density at radius 3 is 2.67 bits per heavy atom. The maximum absolute atomic E-state index is 6.00. The van der Waals surface area contributed by atoms with Gasteiger partial charge in [0.05, 0.1) is 6.20 Å². The molecule has 1 aromatic heterocycles. The van der Waals surface area contributed by atoms with Gasteiger partial charge in [-0.3, -0.25) is 0 Å². The van der Waals surface area contributed by atoms with Crippen molar-refractivity contribution < 1.29 is 0 Å². The summed E-state index contributed by atoms with van der Waals surface area (Å²) in [4.78, 5) is 4.41. The molecule has 7 heteroatoms. The van der Waals surface area contributed by atoms with Crippen LogP contribution < -0.4 is 10.6 Å². The van der Waals surface area contributed by atoms with Gasteiger partial charge in [-0.25, -0.2) is 0 Å². The molecule has 0 fully saturated rings. The summed E-state index contributed by atoms with van der Waals surface area (Å²) in [7, 11) is 0. The summed E-state index contributed by atoms with van der Waals surface area (Å²) in [5.74, 6) is 1.09. The van der Waals surface area contributed by atoms with E-state index in [-0.39, 0.29) is 0 Å². The van der Waals surface area contributed by atoms with Gasteiger partial charge < -0.3 is 10.6 Å². The number of allylic oxidation sites excluding steroid dienone is 1. The fraction of sp³-hybridized carbons (Fsp3) is 0.353. The van der Waals surface area contributed by atoms with Crippen LogP contribution in [0.15, 0.2) is 36.0 Å². The second-order valence-electron chi connectivity index (χ2n) is 5.73. The van der Waals surface area contributed by atoms with E-state index in [1.54, 1.807) is 24.4 Å². The van der Waals surface area contributed by atoms with E-state index in [0.29, 0.717) is 21.8 Å². The summed E-state index contributed by atoms with van der Waals surface area (Å²) >= 11 is 12.0. The van der Waals surface area contributed by atoms with Crippen LogP contribution in [0.2, 0.25) is 10.0 Å². The van der Waals surface area contributed by atoms with Gasteiger partial charge in [-0.1, -0.05) is 34.9 Å². The van der Waals surface area contributed by atoms with Crippen LogP contribution in [0.5, 0.6) is 0 Å². The summed E-state index contributed by atoms with van der Waals surface area (Å²) in [6.45, 7) is 0.806. The first kappa shape index (κ1) is 17.0. The lowest BCUT2D eigenvalue weighted by atomic mass is 9.97. The first-order valence-corrected chi connectivity index (χ1v) is 8.79. The van der Waals surface area contributed by atoms with Crippen LogP contribution in [-0.4, -0.2) is 21.7 Å². The highest BCUT2D eigenvalue weighted by Gasteiger charge is 2.05. The zero-order valence-electron chi connectivity index (χ0n) is 13.2. The number of halogens is 2. The molecule has 0 atom stereocenters. The fourth-order valence-electron chi connectivity index (χ4n) is 2.68. The summed E-state index contributed by atoms with van der Waals surface area (Å²) < 4.78 is 0. The van der Waals surface area contributed by atoms with Gasteiger partial charge in [-0.15, -0.1) is 5.10 Å². The minimum absolute atomic E-state index is 0.504. The van der Waals surface area contributed by atoms with E-state index >= 15 is 0 Å². The van der Waals surface area contributed by atoms with Gasteiger partial charge in [0.15, 0.2) is 5.82 Å². The van der Waals surface area contributed by atoms with Crippen LogP contribution in [0.25, 0.3) is 0 Å². The monoisotopic (exact) mass is 363 g/mol. The van der Waals surface area contributed by atoms with Crippen LogP contribution in [0.1, 0.15) is 32.1 Å². The highest BCUT2D eigenvalue weighted by molar-refractivity contribution is 6.35. The molecule has 126 valence electrons. The van der Waals surface area contributed by atoms with Crippen molar-refractivity contribution in [2.75, 3.05) is 17.2 Å². The lowest BCUT2D eigenvalue weighted by molar-refractivity contribution is 0.679. The molecule has 0 saturated heterocycles. The molecule has 5 nitrogen and oxygen atoms in total. The first-order valence-electron chi connectivity index (χ1n) is 8.04. The molecule has 1 heterocycles. The quantitative estimate of drug-likeness (QED) is 0.688. The van der Waals surface area contributed by atoms with E-state index in [9.17, 15) is 0 Å². The van der Waals surface area contributed by atoms with Crippen molar-refractivity contribution >= 4 is 40.7 Å². The SMILES string of the molecule is Clc1cc(Cl)cc(Nc2cnnc(NCCC3=CCCCC3)n2)c1. The Kier molecular flexibility index (Phi) is 5.88. The van der Waals surface area contributed by atoms with Crippen LogP contribution in [0.3, 0.4) is 0 Å². The number of aromatic nitrogens is 3. The zero-order valence-corrected chi connectivity index (χ0v) is 14.7. The normalized spacial score (nSPS) is 14.2.